The zero-order valence-electron chi connectivity index (χ0n) is 14.6. The first-order valence-electron chi connectivity index (χ1n) is 8.76. The van der Waals surface area contributed by atoms with E-state index in [1.54, 1.807) is 18.1 Å². The molecule has 3 aliphatic carbocycles. The van der Waals surface area contributed by atoms with Crippen LogP contribution in [0.5, 0.6) is 0 Å². The monoisotopic (exact) mass is 546 g/mol. The summed E-state index contributed by atoms with van der Waals surface area (Å²) in [6.45, 7) is 2.39. The topological polar surface area (TPSA) is 0 Å². The van der Waals surface area contributed by atoms with Gasteiger partial charge in [0.2, 0.25) is 0 Å². The molecule has 0 bridgehead atoms. The molecule has 4 rings (SSSR count). The largest absolute Gasteiger partial charge is 4.00 e. The maximum atomic E-state index is 2.99. The van der Waals surface area contributed by atoms with Gasteiger partial charge in [-0.3, -0.25) is 6.08 Å². The van der Waals surface area contributed by atoms with E-state index in [0.29, 0.717) is 0 Å². The molecule has 24 heavy (non-hydrogen) atoms. The first-order chi connectivity index (χ1) is 10.4. The Labute approximate surface area is 180 Å². The van der Waals surface area contributed by atoms with E-state index < -0.39 is 8.07 Å². The third-order valence-electron chi connectivity index (χ3n) is 5.76. The van der Waals surface area contributed by atoms with E-state index in [2.05, 4.69) is 49.8 Å². The molecule has 1 aliphatic heterocycles. The van der Waals surface area contributed by atoms with Gasteiger partial charge in [-0.05, 0) is 11.8 Å². The van der Waals surface area contributed by atoms with Crippen molar-refractivity contribution in [3.05, 3.63) is 55.0 Å². The average molecular weight is 546 g/mol. The van der Waals surface area contributed by atoms with Crippen molar-refractivity contribution in [3.8, 4) is 0 Å². The first kappa shape index (κ1) is 24.6. The van der Waals surface area contributed by atoms with Crippen molar-refractivity contribution in [2.45, 2.75) is 56.3 Å². The van der Waals surface area contributed by atoms with Crippen LogP contribution in [0.1, 0.15) is 32.6 Å². The molecule has 0 aromatic heterocycles. The van der Waals surface area contributed by atoms with Crippen LogP contribution in [0.15, 0.2) is 42.5 Å². The summed E-state index contributed by atoms with van der Waals surface area (Å²) in [4.78, 5) is 0. The Morgan fingerprint density at radius 3 is 2.38 bits per heavy atom. The van der Waals surface area contributed by atoms with Crippen molar-refractivity contribution in [2.24, 2.45) is 11.8 Å². The van der Waals surface area contributed by atoms with E-state index >= 15 is 0 Å². The zero-order valence-corrected chi connectivity index (χ0v) is 20.7. The van der Waals surface area contributed by atoms with Gasteiger partial charge < -0.3 is 31.2 Å². The fourth-order valence-electron chi connectivity index (χ4n) is 4.63. The summed E-state index contributed by atoms with van der Waals surface area (Å²) < 4.78 is 0. The molecule has 0 aromatic carbocycles. The fourth-order valence-corrected chi connectivity index (χ4v) is 10.2. The Bertz CT molecular complexity index is 456. The molecule has 1 heterocycles. The number of hydrogen-bond donors (Lipinski definition) is 0. The smallest absolute Gasteiger partial charge is 1.00 e. The maximum absolute atomic E-state index is 2.99. The Kier molecular flexibility index (Phi) is 12.4. The van der Waals surface area contributed by atoms with E-state index in [0.717, 1.165) is 23.8 Å². The van der Waals surface area contributed by atoms with Gasteiger partial charge >= 0.3 is 25.8 Å². The molecule has 2 fully saturated rings. The SMILES string of the molecule is CCC[Si]1(C2[CH-]CC3C=CC=CC32)CCC1.[C-]1=CC=CC1.[Cl-].[Cl-].[Hf+4]. The summed E-state index contributed by atoms with van der Waals surface area (Å²) >= 11 is 0. The van der Waals surface area contributed by atoms with Gasteiger partial charge in [-0.15, -0.1) is 6.42 Å². The number of hydrogen-bond acceptors (Lipinski definition) is 0. The second-order valence-electron chi connectivity index (χ2n) is 6.98. The molecule has 1 saturated carbocycles. The Balaban J connectivity index is 0.000000578. The summed E-state index contributed by atoms with van der Waals surface area (Å²) in [5, 5.41) is 0. The molecule has 3 unspecified atom stereocenters. The summed E-state index contributed by atoms with van der Waals surface area (Å²) in [5.41, 5.74) is 1.02. The Hall–Kier alpha value is 0.627. The number of fused-ring (bicyclic) bond motifs is 1. The Morgan fingerprint density at radius 2 is 1.88 bits per heavy atom. The minimum Gasteiger partial charge on any atom is -1.00 e. The predicted molar refractivity (Wildman–Crippen MR) is 94.6 cm³/mol. The van der Waals surface area contributed by atoms with Crippen molar-refractivity contribution in [2.75, 3.05) is 0 Å². The van der Waals surface area contributed by atoms with Crippen molar-refractivity contribution in [1.29, 1.82) is 0 Å². The molecule has 0 radical (unpaired) electrons. The van der Waals surface area contributed by atoms with Crippen molar-refractivity contribution in [3.63, 3.8) is 0 Å². The number of halogens is 2. The van der Waals surface area contributed by atoms with Gasteiger partial charge in [0.15, 0.2) is 0 Å². The molecule has 0 amide bonds. The van der Waals surface area contributed by atoms with E-state index in [1.165, 1.54) is 19.3 Å². The minimum absolute atomic E-state index is 0. The van der Waals surface area contributed by atoms with Crippen LogP contribution < -0.4 is 24.8 Å². The maximum Gasteiger partial charge on any atom is 4.00 e. The summed E-state index contributed by atoms with van der Waals surface area (Å²) in [7, 11) is -0.859. The minimum atomic E-state index is -0.859. The van der Waals surface area contributed by atoms with Crippen LogP contribution in [0.4, 0.5) is 0 Å². The van der Waals surface area contributed by atoms with Gasteiger partial charge in [-0.2, -0.15) is 18.0 Å². The van der Waals surface area contributed by atoms with Gasteiger partial charge in [0.05, 0.1) is 0 Å². The van der Waals surface area contributed by atoms with E-state index in [-0.39, 0.29) is 50.7 Å². The molecule has 4 heteroatoms. The number of rotatable bonds is 3. The van der Waals surface area contributed by atoms with Crippen LogP contribution in [0.25, 0.3) is 0 Å². The van der Waals surface area contributed by atoms with Crippen molar-refractivity contribution in [1.82, 2.24) is 0 Å². The molecule has 0 aromatic rings. The van der Waals surface area contributed by atoms with E-state index in [9.17, 15) is 0 Å². The molecule has 3 atom stereocenters. The summed E-state index contributed by atoms with van der Waals surface area (Å²) in [6.07, 6.45) is 26.5. The standard InChI is InChI=1S/C15H23Si.C5H5.2ClH.Hf/c1-2-10-16(11-5-12-16)15-9-8-13-6-3-4-7-14(13)15;1-2-4-5-3-1;;;/h3-4,6-7,9,13-15H,2,5,8,10-12H2,1H3;1-3H,4H2;2*1H;/q2*-1;;;+4/p-2. The quantitative estimate of drug-likeness (QED) is 0.343. The molecular formula is C20H28Cl2HfSi. The molecular weight excluding hydrogens is 518 g/mol. The number of allylic oxidation sites excluding steroid dienone is 8. The summed E-state index contributed by atoms with van der Waals surface area (Å²) in [5.74, 6) is 1.75. The van der Waals surface area contributed by atoms with E-state index in [4.69, 9.17) is 0 Å². The molecule has 0 spiro atoms. The van der Waals surface area contributed by atoms with Crippen LogP contribution >= 0.6 is 0 Å². The molecule has 1 saturated heterocycles. The van der Waals surface area contributed by atoms with Crippen molar-refractivity contribution < 1.29 is 50.7 Å². The second-order valence-corrected chi connectivity index (χ2v) is 11.9. The van der Waals surface area contributed by atoms with Crippen LogP contribution in [-0.2, 0) is 25.8 Å². The third kappa shape index (κ3) is 5.56. The second kappa shape index (κ2) is 12.1. The molecule has 0 nitrogen and oxygen atoms in total. The normalized spacial score (nSPS) is 30.0. The van der Waals surface area contributed by atoms with E-state index in [1.807, 2.05) is 12.2 Å². The first-order valence-corrected chi connectivity index (χ1v) is 11.5. The van der Waals surface area contributed by atoms with Crippen LogP contribution in [-0.4, -0.2) is 8.07 Å². The molecule has 4 aliphatic rings. The van der Waals surface area contributed by atoms with Crippen LogP contribution in [0.2, 0.25) is 23.7 Å². The summed E-state index contributed by atoms with van der Waals surface area (Å²) in [6, 6.07) is 4.85. The van der Waals surface area contributed by atoms with Crippen LogP contribution in [0.3, 0.4) is 0 Å². The zero-order chi connectivity index (χ0) is 14.5. The van der Waals surface area contributed by atoms with Gasteiger partial charge in [0.25, 0.3) is 0 Å². The van der Waals surface area contributed by atoms with Gasteiger partial charge in [-0.1, -0.05) is 62.2 Å². The fraction of sp³-hybridized carbons (Fsp3) is 0.550. The molecule has 130 valence electrons. The van der Waals surface area contributed by atoms with Crippen LogP contribution in [0, 0.1) is 24.3 Å². The van der Waals surface area contributed by atoms with Gasteiger partial charge in [0.1, 0.15) is 0 Å². The Morgan fingerprint density at radius 1 is 1.12 bits per heavy atom. The van der Waals surface area contributed by atoms with Gasteiger partial charge in [-0.25, -0.2) is 12.2 Å². The predicted octanol–water partition coefficient (Wildman–Crippen LogP) is -0.103. The third-order valence-corrected chi connectivity index (χ3v) is 12.0. The average Bonchev–Trinajstić information content (AvgIpc) is 3.15. The van der Waals surface area contributed by atoms with Gasteiger partial charge in [0, 0.05) is 8.07 Å². The van der Waals surface area contributed by atoms with Crippen molar-refractivity contribution >= 4 is 8.07 Å². The molecule has 0 N–H and O–H groups in total.